The van der Waals surface area contributed by atoms with Crippen molar-refractivity contribution in [1.29, 1.82) is 0 Å². The number of rotatable bonds is 8. The van der Waals surface area contributed by atoms with Crippen molar-refractivity contribution in [3.63, 3.8) is 0 Å². The second-order valence-electron chi connectivity index (χ2n) is 2.80. The van der Waals surface area contributed by atoms with Crippen molar-refractivity contribution in [3.05, 3.63) is 0 Å². The van der Waals surface area contributed by atoms with Crippen molar-refractivity contribution in [2.45, 2.75) is 31.0 Å². The van der Waals surface area contributed by atoms with Crippen molar-refractivity contribution in [2.24, 2.45) is 0 Å². The molecule has 0 heterocycles. The van der Waals surface area contributed by atoms with Crippen LogP contribution in [0.1, 0.15) is 20.8 Å². The second kappa shape index (κ2) is 9.24. The Morgan fingerprint density at radius 2 is 1.73 bits per heavy atom. The predicted octanol–water partition coefficient (Wildman–Crippen LogP) is 0.934. The summed E-state index contributed by atoms with van der Waals surface area (Å²) in [4.78, 5) is 22.0. The van der Waals surface area contributed by atoms with Crippen LogP contribution in [-0.2, 0) is 46.7 Å². The van der Waals surface area contributed by atoms with E-state index < -0.39 is 31.3 Å². The summed E-state index contributed by atoms with van der Waals surface area (Å²) in [6.45, 7) is 5.82. The van der Waals surface area contributed by atoms with Gasteiger partial charge in [0.05, 0.1) is 0 Å². The molecule has 0 fully saturated rings. The first-order valence-electron chi connectivity index (χ1n) is 5.01. The first-order chi connectivity index (χ1) is 7.11. The predicted molar refractivity (Wildman–Crippen MR) is 48.6 cm³/mol. The van der Waals surface area contributed by atoms with Crippen LogP contribution in [0.2, 0.25) is 3.93 Å². The summed E-state index contributed by atoms with van der Waals surface area (Å²) in [5.74, 6) is -0.407. The third-order valence-electron chi connectivity index (χ3n) is 1.55. The van der Waals surface area contributed by atoms with E-state index in [0.717, 1.165) is 0 Å². The van der Waals surface area contributed by atoms with E-state index in [1.807, 2.05) is 0 Å². The van der Waals surface area contributed by atoms with Crippen LogP contribution >= 0.6 is 0 Å². The fourth-order valence-electron chi connectivity index (χ4n) is 0.950. The molecule has 0 saturated carbocycles. The van der Waals surface area contributed by atoms with Gasteiger partial charge in [0, 0.05) is 0 Å². The third kappa shape index (κ3) is 7.87. The van der Waals surface area contributed by atoms with Crippen LogP contribution in [0.15, 0.2) is 0 Å². The van der Waals surface area contributed by atoms with E-state index in [1.54, 1.807) is 13.8 Å². The fraction of sp³-hybridized carbons (Fsp3) is 0.778. The van der Waals surface area contributed by atoms with Gasteiger partial charge < -0.3 is 0 Å². The maximum atomic E-state index is 11.5. The summed E-state index contributed by atoms with van der Waals surface area (Å²) in [5, 5.41) is 0. The summed E-state index contributed by atoms with van der Waals surface area (Å²) in [6, 6.07) is 0. The summed E-state index contributed by atoms with van der Waals surface area (Å²) in [5.41, 5.74) is 0. The number of hydrogen-bond donors (Lipinski definition) is 0. The Bertz CT molecular complexity index is 201. The second-order valence-corrected chi connectivity index (χ2v) is 7.45. The number of ketones is 1. The number of hydrogen-bond acceptors (Lipinski definition) is 5. The monoisotopic (exact) mass is 406 g/mol. The molecule has 0 aliphatic carbocycles. The number of ether oxygens (including phenoxy) is 2. The molecule has 0 aliphatic rings. The molecule has 0 spiro atoms. The molecule has 0 amide bonds. The Hall–Kier alpha value is -0.00494. The van der Waals surface area contributed by atoms with E-state index in [9.17, 15) is 9.59 Å². The van der Waals surface area contributed by atoms with Gasteiger partial charge in [-0.3, -0.25) is 0 Å². The van der Waals surface area contributed by atoms with E-state index in [4.69, 9.17) is 12.1 Å². The van der Waals surface area contributed by atoms with Crippen molar-refractivity contribution in [2.75, 3.05) is 13.2 Å². The molecule has 0 bridgehead atoms. The molecule has 84 valence electrons. The number of carbonyl (C=O) groups is 2. The molecular weight excluding hydrogens is 389 g/mol. The van der Waals surface area contributed by atoms with Gasteiger partial charge in [0.1, 0.15) is 0 Å². The molecule has 0 aliphatic heterocycles. The first-order valence-corrected chi connectivity index (χ1v) is 11.1. The van der Waals surface area contributed by atoms with Crippen LogP contribution in [0, 0.1) is 0 Å². The zero-order valence-electron chi connectivity index (χ0n) is 9.45. The third-order valence-corrected chi connectivity index (χ3v) is 6.64. The Morgan fingerprint density at radius 3 is 2.13 bits per heavy atom. The van der Waals surface area contributed by atoms with Crippen LogP contribution in [0.3, 0.4) is 0 Å². The van der Waals surface area contributed by atoms with Gasteiger partial charge in [0.2, 0.25) is 0 Å². The van der Waals surface area contributed by atoms with Crippen LogP contribution < -0.4 is 0 Å². The molecule has 0 aromatic rings. The van der Waals surface area contributed by atoms with Crippen LogP contribution in [-0.4, -0.2) is 31.3 Å². The van der Waals surface area contributed by atoms with Crippen LogP contribution in [0.5, 0.6) is 0 Å². The molecule has 0 rings (SSSR count). The summed E-state index contributed by atoms with van der Waals surface area (Å²) < 4.78 is 15.5. The van der Waals surface area contributed by atoms with Crippen molar-refractivity contribution < 1.29 is 46.7 Å². The van der Waals surface area contributed by atoms with Crippen molar-refractivity contribution in [1.82, 2.24) is 0 Å². The maximum absolute atomic E-state index is 11.5. The summed E-state index contributed by atoms with van der Waals surface area (Å²) >= 11 is -1.84. The molecule has 6 heteroatoms. The quantitative estimate of drug-likeness (QED) is 0.445. The van der Waals surface area contributed by atoms with E-state index in [0.29, 0.717) is 17.1 Å². The minimum atomic E-state index is -1.84. The topological polar surface area (TPSA) is 61.8 Å². The molecule has 0 N–H and O–H groups in total. The first kappa shape index (κ1) is 15.0. The van der Waals surface area contributed by atoms with E-state index in [2.05, 4.69) is 0 Å². The molecular formula is C9H16HgO5. The van der Waals surface area contributed by atoms with Crippen molar-refractivity contribution >= 4 is 11.8 Å². The molecule has 0 unspecified atom stereocenters. The Morgan fingerprint density at radius 1 is 1.20 bits per heavy atom. The number of Topliss-reactive ketones (excluding diaryl/α,β-unsaturated/α-hetero) is 1. The Kier molecular flexibility index (Phi) is 9.23. The molecule has 0 radical (unpaired) electrons. The van der Waals surface area contributed by atoms with E-state index >= 15 is 0 Å². The Labute approximate surface area is 103 Å². The van der Waals surface area contributed by atoms with Crippen molar-refractivity contribution in [3.8, 4) is 0 Å². The zero-order valence-corrected chi connectivity index (χ0v) is 14.9. The van der Waals surface area contributed by atoms with Crippen LogP contribution in [0.25, 0.3) is 0 Å². The van der Waals surface area contributed by atoms with Gasteiger partial charge in [-0.2, -0.15) is 0 Å². The molecule has 0 aromatic heterocycles. The van der Waals surface area contributed by atoms with Crippen LogP contribution in [0.4, 0.5) is 0 Å². The molecule has 5 nitrogen and oxygen atoms in total. The van der Waals surface area contributed by atoms with Gasteiger partial charge in [0.15, 0.2) is 0 Å². The SMILES string of the molecule is CCOC(OCC)C(=O)[CH2][Hg][O]C(C)=O. The molecule has 0 aromatic carbocycles. The van der Waals surface area contributed by atoms with Gasteiger partial charge in [-0.1, -0.05) is 0 Å². The Balaban J connectivity index is 3.85. The van der Waals surface area contributed by atoms with Gasteiger partial charge in [-0.15, -0.1) is 0 Å². The van der Waals surface area contributed by atoms with E-state index in [1.165, 1.54) is 6.92 Å². The van der Waals surface area contributed by atoms with Gasteiger partial charge in [-0.05, 0) is 0 Å². The standard InChI is InChI=1S/C7H13O3.C2H4O2.Hg/c1-4-9-7(6(3)8)10-5-2;1-2(3)4;/h7H,3-5H2,1-2H3;1H3,(H,3,4);/q;;+1/p-1. The summed E-state index contributed by atoms with van der Waals surface area (Å²) in [7, 11) is 0. The summed E-state index contributed by atoms with van der Waals surface area (Å²) in [6.07, 6.45) is -0.782. The normalized spacial score (nSPS) is 9.87. The zero-order chi connectivity index (χ0) is 11.7. The fourth-order valence-corrected chi connectivity index (χ4v) is 4.16. The van der Waals surface area contributed by atoms with Gasteiger partial charge in [-0.25, -0.2) is 0 Å². The molecule has 0 atom stereocenters. The average Bonchev–Trinajstić information content (AvgIpc) is 2.16. The molecule has 0 saturated heterocycles. The minimum absolute atomic E-state index is 0.110. The molecule has 15 heavy (non-hydrogen) atoms. The van der Waals surface area contributed by atoms with Gasteiger partial charge in [0.25, 0.3) is 0 Å². The van der Waals surface area contributed by atoms with E-state index in [-0.39, 0.29) is 11.8 Å². The number of carbonyl (C=O) groups excluding carboxylic acids is 2. The average molecular weight is 405 g/mol. The van der Waals surface area contributed by atoms with Gasteiger partial charge >= 0.3 is 103 Å².